The molecule has 4 atom stereocenters. The number of ether oxygens (including phenoxy) is 2. The molecule has 1 unspecified atom stereocenters. The van der Waals surface area contributed by atoms with Crippen molar-refractivity contribution in [3.63, 3.8) is 0 Å². The first-order valence-electron chi connectivity index (χ1n) is 10.2. The minimum Gasteiger partial charge on any atom is -0.378 e. The van der Waals surface area contributed by atoms with Crippen LogP contribution in [0.5, 0.6) is 0 Å². The van der Waals surface area contributed by atoms with E-state index in [9.17, 15) is 4.79 Å². The molecule has 0 N–H and O–H groups in total. The van der Waals surface area contributed by atoms with Crippen LogP contribution in [0.3, 0.4) is 0 Å². The Morgan fingerprint density at radius 2 is 1.85 bits per heavy atom. The van der Waals surface area contributed by atoms with Gasteiger partial charge in [0.1, 0.15) is 0 Å². The van der Waals surface area contributed by atoms with E-state index < -0.39 is 6.10 Å². The van der Waals surface area contributed by atoms with E-state index >= 15 is 0 Å². The molecule has 3 rings (SSSR count). The third kappa shape index (κ3) is 5.24. The first-order valence-corrected chi connectivity index (χ1v) is 10.6. The average molecular weight is 394 g/mol. The number of hydrogen-bond acceptors (Lipinski definition) is 3. The molecule has 1 heterocycles. The highest BCUT2D eigenvalue weighted by Gasteiger charge is 2.37. The van der Waals surface area contributed by atoms with Crippen LogP contribution < -0.4 is 0 Å². The van der Waals surface area contributed by atoms with Crippen molar-refractivity contribution in [1.29, 1.82) is 0 Å². The van der Waals surface area contributed by atoms with Gasteiger partial charge in [-0.15, -0.1) is 0 Å². The number of hydrogen-bond donors (Lipinski definition) is 0. The molecule has 0 radical (unpaired) electrons. The minimum atomic E-state index is -0.572. The number of amides is 1. The van der Waals surface area contributed by atoms with Crippen LogP contribution in [0.25, 0.3) is 0 Å². The smallest absolute Gasteiger partial charge is 0.256 e. The third-order valence-electron chi connectivity index (χ3n) is 5.99. The van der Waals surface area contributed by atoms with Gasteiger partial charge in [-0.3, -0.25) is 4.79 Å². The lowest BCUT2D eigenvalue weighted by Gasteiger charge is -2.40. The Bertz CT molecular complexity index is 612. The Balaban J connectivity index is 1.84. The van der Waals surface area contributed by atoms with Gasteiger partial charge in [0.15, 0.2) is 6.10 Å². The maximum absolute atomic E-state index is 13.3. The van der Waals surface area contributed by atoms with Crippen LogP contribution in [0.4, 0.5) is 0 Å². The molecule has 1 saturated carbocycles. The standard InChI is InChI=1S/C22H32ClNO3/c1-15(2)19-9-4-16(3)14-20(19)27-21(17-5-7-18(23)8-6-17)22(25)24-10-12-26-13-11-24/h5-8,15-16,19-21H,4,9-14H2,1-3H3/t16-,19+,20-,21?/m0/s1. The number of morpholine rings is 1. The van der Waals surface area contributed by atoms with Gasteiger partial charge in [-0.1, -0.05) is 50.9 Å². The molecule has 0 spiro atoms. The zero-order valence-corrected chi connectivity index (χ0v) is 17.5. The van der Waals surface area contributed by atoms with Crippen molar-refractivity contribution in [3.05, 3.63) is 34.9 Å². The third-order valence-corrected chi connectivity index (χ3v) is 6.24. The summed E-state index contributed by atoms with van der Waals surface area (Å²) in [4.78, 5) is 15.2. The first kappa shape index (κ1) is 20.6. The number of nitrogens with zero attached hydrogens (tertiary/aromatic N) is 1. The number of benzene rings is 1. The number of halogens is 1. The Morgan fingerprint density at radius 1 is 1.19 bits per heavy atom. The summed E-state index contributed by atoms with van der Waals surface area (Å²) < 4.78 is 12.0. The van der Waals surface area contributed by atoms with E-state index in [1.165, 1.54) is 12.8 Å². The molecule has 1 aliphatic carbocycles. The highest BCUT2D eigenvalue weighted by Crippen LogP contribution is 2.38. The summed E-state index contributed by atoms with van der Waals surface area (Å²) in [7, 11) is 0. The largest absolute Gasteiger partial charge is 0.378 e. The van der Waals surface area contributed by atoms with Crippen LogP contribution in [0.15, 0.2) is 24.3 Å². The van der Waals surface area contributed by atoms with Gasteiger partial charge in [-0.05, 0) is 48.3 Å². The summed E-state index contributed by atoms with van der Waals surface area (Å²) in [5, 5.41) is 0.669. The van der Waals surface area contributed by atoms with Gasteiger partial charge in [0, 0.05) is 18.1 Å². The normalized spacial score (nSPS) is 27.6. The summed E-state index contributed by atoms with van der Waals surface area (Å²) in [6, 6.07) is 7.51. The predicted octanol–water partition coefficient (Wildman–Crippen LogP) is 4.72. The SMILES string of the molecule is CC(C)[C@H]1CC[C@H](C)C[C@@H]1OC(C(=O)N1CCOCC1)c1ccc(Cl)cc1. The molecule has 0 bridgehead atoms. The fourth-order valence-electron chi connectivity index (χ4n) is 4.31. The van der Waals surface area contributed by atoms with Crippen molar-refractivity contribution < 1.29 is 14.3 Å². The van der Waals surface area contributed by atoms with Crippen LogP contribution in [-0.2, 0) is 14.3 Å². The molecule has 2 fully saturated rings. The molecule has 2 aliphatic rings. The highest BCUT2D eigenvalue weighted by atomic mass is 35.5. The molecule has 150 valence electrons. The van der Waals surface area contributed by atoms with Crippen molar-refractivity contribution in [2.24, 2.45) is 17.8 Å². The highest BCUT2D eigenvalue weighted by molar-refractivity contribution is 6.30. The van der Waals surface area contributed by atoms with Crippen molar-refractivity contribution in [2.45, 2.75) is 52.2 Å². The molecule has 0 aromatic heterocycles. The lowest BCUT2D eigenvalue weighted by atomic mass is 9.75. The Kier molecular flexibility index (Phi) is 7.18. The molecule has 27 heavy (non-hydrogen) atoms. The van der Waals surface area contributed by atoms with E-state index in [1.807, 2.05) is 29.2 Å². The second kappa shape index (κ2) is 9.40. The van der Waals surface area contributed by atoms with Crippen LogP contribution >= 0.6 is 11.6 Å². The van der Waals surface area contributed by atoms with Crippen molar-refractivity contribution >= 4 is 17.5 Å². The molecule has 1 aromatic rings. The maximum Gasteiger partial charge on any atom is 0.256 e. The van der Waals surface area contributed by atoms with E-state index in [0.29, 0.717) is 49.1 Å². The summed E-state index contributed by atoms with van der Waals surface area (Å²) in [6.07, 6.45) is 2.97. The lowest BCUT2D eigenvalue weighted by Crippen LogP contribution is -2.45. The topological polar surface area (TPSA) is 38.8 Å². The summed E-state index contributed by atoms with van der Waals surface area (Å²) in [5.74, 6) is 1.72. The van der Waals surface area contributed by atoms with Crippen molar-refractivity contribution in [1.82, 2.24) is 4.90 Å². The molecule has 1 amide bonds. The van der Waals surface area contributed by atoms with Crippen molar-refractivity contribution in [3.8, 4) is 0 Å². The van der Waals surface area contributed by atoms with Crippen LogP contribution in [0.1, 0.15) is 51.7 Å². The van der Waals surface area contributed by atoms with Gasteiger partial charge in [0.2, 0.25) is 0 Å². The second-order valence-corrected chi connectivity index (χ2v) is 8.81. The van der Waals surface area contributed by atoms with Gasteiger partial charge >= 0.3 is 0 Å². The lowest BCUT2D eigenvalue weighted by molar-refractivity contribution is -0.158. The molecule has 1 saturated heterocycles. The van der Waals surface area contributed by atoms with E-state index in [-0.39, 0.29) is 12.0 Å². The quantitative estimate of drug-likeness (QED) is 0.726. The average Bonchev–Trinajstić information content (AvgIpc) is 2.67. The fourth-order valence-corrected chi connectivity index (χ4v) is 4.44. The Labute approximate surface area is 168 Å². The molecule has 4 nitrogen and oxygen atoms in total. The maximum atomic E-state index is 13.3. The van der Waals surface area contributed by atoms with Crippen LogP contribution in [-0.4, -0.2) is 43.2 Å². The molecule has 1 aromatic carbocycles. The Hall–Kier alpha value is -1.10. The minimum absolute atomic E-state index is 0.0429. The molecule has 1 aliphatic heterocycles. The summed E-state index contributed by atoms with van der Waals surface area (Å²) >= 11 is 6.07. The van der Waals surface area contributed by atoms with E-state index in [1.54, 1.807) is 0 Å². The predicted molar refractivity (Wildman–Crippen MR) is 108 cm³/mol. The van der Waals surface area contributed by atoms with Gasteiger partial charge in [-0.2, -0.15) is 0 Å². The van der Waals surface area contributed by atoms with Gasteiger partial charge < -0.3 is 14.4 Å². The first-order chi connectivity index (χ1) is 13.0. The number of carbonyl (C=O) groups excluding carboxylic acids is 1. The molecule has 5 heteroatoms. The number of rotatable bonds is 5. The zero-order chi connectivity index (χ0) is 19.4. The monoisotopic (exact) mass is 393 g/mol. The van der Waals surface area contributed by atoms with Gasteiger partial charge in [0.05, 0.1) is 19.3 Å². The zero-order valence-electron chi connectivity index (χ0n) is 16.7. The van der Waals surface area contributed by atoms with E-state index in [0.717, 1.165) is 12.0 Å². The van der Waals surface area contributed by atoms with Gasteiger partial charge in [-0.25, -0.2) is 0 Å². The van der Waals surface area contributed by atoms with Crippen molar-refractivity contribution in [2.75, 3.05) is 26.3 Å². The summed E-state index contributed by atoms with van der Waals surface area (Å²) in [5.41, 5.74) is 0.886. The van der Waals surface area contributed by atoms with Crippen LogP contribution in [0, 0.1) is 17.8 Å². The van der Waals surface area contributed by atoms with E-state index in [2.05, 4.69) is 20.8 Å². The second-order valence-electron chi connectivity index (χ2n) is 8.37. The van der Waals surface area contributed by atoms with E-state index in [4.69, 9.17) is 21.1 Å². The summed E-state index contributed by atoms with van der Waals surface area (Å²) in [6.45, 7) is 9.24. The molecular weight excluding hydrogens is 362 g/mol. The van der Waals surface area contributed by atoms with Crippen LogP contribution in [0.2, 0.25) is 5.02 Å². The van der Waals surface area contributed by atoms with Gasteiger partial charge in [0.25, 0.3) is 5.91 Å². The fraction of sp³-hybridized carbons (Fsp3) is 0.682. The Morgan fingerprint density at radius 3 is 2.48 bits per heavy atom. The molecular formula is C22H32ClNO3. The number of carbonyl (C=O) groups is 1.